The van der Waals surface area contributed by atoms with Crippen LogP contribution in [0.5, 0.6) is 5.75 Å². The smallest absolute Gasteiger partial charge is 0.422 e. The molecule has 27 heavy (non-hydrogen) atoms. The summed E-state index contributed by atoms with van der Waals surface area (Å²) in [5, 5.41) is 1.67. The van der Waals surface area contributed by atoms with Crippen molar-refractivity contribution in [1.82, 2.24) is 5.01 Å². The summed E-state index contributed by atoms with van der Waals surface area (Å²) in [5.74, 6) is 6.63. The molecule has 1 heterocycles. The Bertz CT molecular complexity index is 756. The number of halogens is 4. The van der Waals surface area contributed by atoms with E-state index in [9.17, 15) is 13.2 Å². The van der Waals surface area contributed by atoms with Gasteiger partial charge in [-0.2, -0.15) is 13.2 Å². The molecule has 1 aliphatic rings. The Hall–Kier alpha value is -1.76. The molecule has 2 aromatic rings. The SMILES string of the molecule is NN1CC(Cl)CCC1(Cc1ccccc1OCC(F)(F)F)c1ccccc1. The van der Waals surface area contributed by atoms with E-state index < -0.39 is 18.3 Å². The molecule has 1 aliphatic heterocycles. The second-order valence-electron chi connectivity index (χ2n) is 6.87. The normalized spacial score (nSPS) is 24.0. The monoisotopic (exact) mass is 398 g/mol. The van der Waals surface area contributed by atoms with Crippen molar-refractivity contribution < 1.29 is 17.9 Å². The Kier molecular flexibility index (Phi) is 5.99. The largest absolute Gasteiger partial charge is 0.484 e. The van der Waals surface area contributed by atoms with Crippen LogP contribution in [-0.2, 0) is 12.0 Å². The molecule has 0 aliphatic carbocycles. The number of piperidine rings is 1. The van der Waals surface area contributed by atoms with Gasteiger partial charge in [-0.05, 0) is 36.5 Å². The number of benzene rings is 2. The second-order valence-corrected chi connectivity index (χ2v) is 7.49. The van der Waals surface area contributed by atoms with E-state index in [1.165, 1.54) is 0 Å². The predicted octanol–water partition coefficient (Wildman–Crippen LogP) is 4.64. The number of hydrogen-bond acceptors (Lipinski definition) is 3. The Labute approximate surface area is 161 Å². The van der Waals surface area contributed by atoms with Gasteiger partial charge in [-0.25, -0.2) is 5.01 Å². The summed E-state index contributed by atoms with van der Waals surface area (Å²) in [7, 11) is 0. The summed E-state index contributed by atoms with van der Waals surface area (Å²) in [5.41, 5.74) is 1.15. The molecule has 0 aromatic heterocycles. The molecule has 2 aromatic carbocycles. The Morgan fingerprint density at radius 2 is 1.78 bits per heavy atom. The van der Waals surface area contributed by atoms with E-state index in [2.05, 4.69) is 0 Å². The van der Waals surface area contributed by atoms with Gasteiger partial charge in [0.05, 0.1) is 5.54 Å². The molecular weight excluding hydrogens is 377 g/mol. The van der Waals surface area contributed by atoms with Crippen molar-refractivity contribution in [3.05, 3.63) is 65.7 Å². The van der Waals surface area contributed by atoms with Gasteiger partial charge in [0.2, 0.25) is 0 Å². The van der Waals surface area contributed by atoms with E-state index in [0.29, 0.717) is 24.9 Å². The minimum atomic E-state index is -4.39. The summed E-state index contributed by atoms with van der Waals surface area (Å²) in [4.78, 5) is 0. The number of rotatable bonds is 5. The fraction of sp³-hybridized carbons (Fsp3) is 0.400. The molecule has 0 bridgehead atoms. The fourth-order valence-corrected chi connectivity index (χ4v) is 3.89. The highest BCUT2D eigenvalue weighted by Crippen LogP contribution is 2.41. The molecule has 3 nitrogen and oxygen atoms in total. The van der Waals surface area contributed by atoms with Gasteiger partial charge in [-0.1, -0.05) is 48.5 Å². The first-order valence-corrected chi connectivity index (χ1v) is 9.23. The minimum absolute atomic E-state index is 0.0523. The number of nitrogens with zero attached hydrogens (tertiary/aromatic N) is 1. The molecule has 0 amide bonds. The van der Waals surface area contributed by atoms with Crippen LogP contribution in [0.3, 0.4) is 0 Å². The van der Waals surface area contributed by atoms with E-state index >= 15 is 0 Å². The zero-order chi connectivity index (χ0) is 19.5. The van der Waals surface area contributed by atoms with Crippen LogP contribution in [0.1, 0.15) is 24.0 Å². The van der Waals surface area contributed by atoms with Crippen LogP contribution in [0, 0.1) is 0 Å². The van der Waals surface area contributed by atoms with Gasteiger partial charge in [0.1, 0.15) is 5.75 Å². The van der Waals surface area contributed by atoms with Crippen LogP contribution in [-0.4, -0.2) is 29.7 Å². The lowest BCUT2D eigenvalue weighted by Gasteiger charge is -2.47. The van der Waals surface area contributed by atoms with Crippen LogP contribution in [0.2, 0.25) is 0 Å². The van der Waals surface area contributed by atoms with Gasteiger partial charge in [0.25, 0.3) is 0 Å². The maximum atomic E-state index is 12.6. The first-order chi connectivity index (χ1) is 12.8. The van der Waals surface area contributed by atoms with Crippen LogP contribution >= 0.6 is 11.6 Å². The third-order valence-electron chi connectivity index (χ3n) is 4.97. The third kappa shape index (κ3) is 4.75. The molecular formula is C20H22ClF3N2O. The molecule has 1 fully saturated rings. The van der Waals surface area contributed by atoms with E-state index in [-0.39, 0.29) is 11.1 Å². The third-order valence-corrected chi connectivity index (χ3v) is 5.33. The van der Waals surface area contributed by atoms with Gasteiger partial charge in [0.15, 0.2) is 6.61 Å². The van der Waals surface area contributed by atoms with Crippen molar-refractivity contribution in [3.8, 4) is 5.75 Å². The Morgan fingerprint density at radius 3 is 2.44 bits per heavy atom. The first-order valence-electron chi connectivity index (χ1n) is 8.79. The highest BCUT2D eigenvalue weighted by atomic mass is 35.5. The van der Waals surface area contributed by atoms with Crippen LogP contribution in [0.25, 0.3) is 0 Å². The van der Waals surface area contributed by atoms with E-state index in [0.717, 1.165) is 12.0 Å². The molecule has 0 spiro atoms. The van der Waals surface area contributed by atoms with Crippen molar-refractivity contribution in [2.45, 2.75) is 36.4 Å². The summed E-state index contributed by atoms with van der Waals surface area (Å²) in [6.07, 6.45) is -2.48. The van der Waals surface area contributed by atoms with Crippen molar-refractivity contribution in [2.24, 2.45) is 5.84 Å². The molecule has 3 rings (SSSR count). The molecule has 0 radical (unpaired) electrons. The maximum Gasteiger partial charge on any atom is 0.422 e. The fourth-order valence-electron chi connectivity index (χ4n) is 3.63. The van der Waals surface area contributed by atoms with Crippen molar-refractivity contribution >= 4 is 11.6 Å². The average molecular weight is 399 g/mol. The van der Waals surface area contributed by atoms with E-state index in [1.54, 1.807) is 29.3 Å². The number of ether oxygens (including phenoxy) is 1. The highest BCUT2D eigenvalue weighted by molar-refractivity contribution is 6.20. The van der Waals surface area contributed by atoms with Crippen molar-refractivity contribution in [2.75, 3.05) is 13.2 Å². The number of hydrogen-bond donors (Lipinski definition) is 1. The molecule has 2 atom stereocenters. The molecule has 1 saturated heterocycles. The van der Waals surface area contributed by atoms with Crippen molar-refractivity contribution in [1.29, 1.82) is 0 Å². The summed E-state index contributed by atoms with van der Waals surface area (Å²) < 4.78 is 42.9. The van der Waals surface area contributed by atoms with E-state index in [1.807, 2.05) is 30.3 Å². The van der Waals surface area contributed by atoms with Gasteiger partial charge in [-0.15, -0.1) is 11.6 Å². The molecule has 146 valence electrons. The number of nitrogens with two attached hydrogens (primary N) is 1. The van der Waals surface area contributed by atoms with E-state index in [4.69, 9.17) is 22.2 Å². The predicted molar refractivity (Wildman–Crippen MR) is 99.6 cm³/mol. The topological polar surface area (TPSA) is 38.5 Å². The van der Waals surface area contributed by atoms with Crippen LogP contribution in [0.15, 0.2) is 54.6 Å². The average Bonchev–Trinajstić information content (AvgIpc) is 2.63. The second kappa shape index (κ2) is 8.09. The molecule has 7 heteroatoms. The van der Waals surface area contributed by atoms with Gasteiger partial charge >= 0.3 is 6.18 Å². The maximum absolute atomic E-state index is 12.6. The summed E-state index contributed by atoms with van der Waals surface area (Å²) in [6, 6.07) is 16.6. The number of alkyl halides is 4. The van der Waals surface area contributed by atoms with Crippen molar-refractivity contribution in [3.63, 3.8) is 0 Å². The van der Waals surface area contributed by atoms with Crippen LogP contribution < -0.4 is 10.6 Å². The molecule has 2 N–H and O–H groups in total. The Balaban J connectivity index is 1.94. The lowest BCUT2D eigenvalue weighted by Crippen LogP contribution is -2.57. The van der Waals surface area contributed by atoms with Crippen LogP contribution in [0.4, 0.5) is 13.2 Å². The minimum Gasteiger partial charge on any atom is -0.484 e. The summed E-state index contributed by atoms with van der Waals surface area (Å²) in [6.45, 7) is -0.819. The zero-order valence-corrected chi connectivity index (χ0v) is 15.5. The Morgan fingerprint density at radius 1 is 1.11 bits per heavy atom. The zero-order valence-electron chi connectivity index (χ0n) is 14.8. The van der Waals surface area contributed by atoms with Gasteiger partial charge < -0.3 is 4.74 Å². The quantitative estimate of drug-likeness (QED) is 0.589. The lowest BCUT2D eigenvalue weighted by atomic mass is 9.77. The lowest BCUT2D eigenvalue weighted by molar-refractivity contribution is -0.153. The summed E-state index contributed by atoms with van der Waals surface area (Å²) >= 11 is 6.29. The van der Waals surface area contributed by atoms with Gasteiger partial charge in [-0.3, -0.25) is 5.84 Å². The molecule has 0 saturated carbocycles. The number of para-hydroxylation sites is 1. The van der Waals surface area contributed by atoms with Gasteiger partial charge in [0, 0.05) is 11.9 Å². The molecule has 2 unspecified atom stereocenters. The standard InChI is InChI=1S/C20H22ClF3N2O/c21-17-10-11-19(26(25)13-17,16-7-2-1-3-8-16)12-15-6-4-5-9-18(15)27-14-20(22,23)24/h1-9,17H,10-14,25H2. The highest BCUT2D eigenvalue weighted by Gasteiger charge is 2.42. The first kappa shape index (κ1) is 20.0. The number of hydrazine groups is 1.